The second-order valence-corrected chi connectivity index (χ2v) is 5.67. The average molecular weight is 301 g/mol. The molecule has 0 saturated heterocycles. The highest BCUT2D eigenvalue weighted by molar-refractivity contribution is 5.88. The van der Waals surface area contributed by atoms with E-state index in [-0.39, 0.29) is 6.54 Å². The van der Waals surface area contributed by atoms with E-state index in [2.05, 4.69) is 15.8 Å². The normalized spacial score (nSPS) is 20.3. The summed E-state index contributed by atoms with van der Waals surface area (Å²) in [7, 11) is 0. The van der Waals surface area contributed by atoms with Crippen molar-refractivity contribution in [1.82, 2.24) is 10.5 Å². The molecule has 116 valence electrons. The summed E-state index contributed by atoms with van der Waals surface area (Å²) in [6.07, 6.45) is 2.50. The minimum atomic E-state index is -1.02. The van der Waals surface area contributed by atoms with Gasteiger partial charge in [0.25, 0.3) is 0 Å². The maximum absolute atomic E-state index is 11.9. The Labute approximate surface area is 128 Å². The molecule has 1 aromatic heterocycles. The number of anilines is 1. The minimum absolute atomic E-state index is 0.159. The first-order chi connectivity index (χ1) is 10.6. The van der Waals surface area contributed by atoms with Gasteiger partial charge >= 0.3 is 6.03 Å². The Bertz CT molecular complexity index is 683. The fourth-order valence-corrected chi connectivity index (χ4v) is 2.89. The van der Waals surface area contributed by atoms with Gasteiger partial charge in [-0.15, -0.1) is 0 Å². The fraction of sp³-hybridized carbons (Fsp3) is 0.375. The molecule has 0 bridgehead atoms. The van der Waals surface area contributed by atoms with Crippen molar-refractivity contribution in [2.75, 3.05) is 11.9 Å². The van der Waals surface area contributed by atoms with Gasteiger partial charge in [0.15, 0.2) is 5.82 Å². The van der Waals surface area contributed by atoms with Crippen molar-refractivity contribution in [2.24, 2.45) is 0 Å². The van der Waals surface area contributed by atoms with Crippen LogP contribution in [0.2, 0.25) is 0 Å². The van der Waals surface area contributed by atoms with Crippen LogP contribution in [0.1, 0.15) is 29.7 Å². The summed E-state index contributed by atoms with van der Waals surface area (Å²) in [6, 6.07) is 9.05. The summed E-state index contributed by atoms with van der Waals surface area (Å²) in [4.78, 5) is 11.9. The summed E-state index contributed by atoms with van der Waals surface area (Å²) < 4.78 is 4.88. The first-order valence-corrected chi connectivity index (χ1v) is 7.36. The number of aromatic nitrogens is 1. The van der Waals surface area contributed by atoms with Crippen LogP contribution in [0.5, 0.6) is 0 Å². The van der Waals surface area contributed by atoms with Gasteiger partial charge in [-0.2, -0.15) is 0 Å². The van der Waals surface area contributed by atoms with Gasteiger partial charge in [-0.25, -0.2) is 4.79 Å². The zero-order valence-corrected chi connectivity index (χ0v) is 12.4. The number of benzene rings is 1. The SMILES string of the molecule is Cc1cc(NC(=O)NCC2(O)CCCc3ccccc32)no1. The molecule has 22 heavy (non-hydrogen) atoms. The van der Waals surface area contributed by atoms with Gasteiger partial charge in [0.2, 0.25) is 0 Å². The molecule has 0 radical (unpaired) electrons. The second-order valence-electron chi connectivity index (χ2n) is 5.67. The van der Waals surface area contributed by atoms with E-state index < -0.39 is 11.6 Å². The van der Waals surface area contributed by atoms with Crippen LogP contribution in [0.15, 0.2) is 34.9 Å². The number of amides is 2. The van der Waals surface area contributed by atoms with Crippen LogP contribution in [0.4, 0.5) is 10.6 Å². The standard InChI is InChI=1S/C16H19N3O3/c1-11-9-14(19-22-11)18-15(20)17-10-16(21)8-4-6-12-5-2-3-7-13(12)16/h2-3,5,7,9,21H,4,6,8,10H2,1H3,(H2,17,18,19,20). The lowest BCUT2D eigenvalue weighted by molar-refractivity contribution is 0.0221. The van der Waals surface area contributed by atoms with E-state index in [1.807, 2.05) is 24.3 Å². The summed E-state index contributed by atoms with van der Waals surface area (Å²) in [5, 5.41) is 19.8. The van der Waals surface area contributed by atoms with Crippen molar-refractivity contribution in [3.05, 3.63) is 47.2 Å². The van der Waals surface area contributed by atoms with Crippen LogP contribution in [-0.4, -0.2) is 22.8 Å². The molecular formula is C16H19N3O3. The fourth-order valence-electron chi connectivity index (χ4n) is 2.89. The summed E-state index contributed by atoms with van der Waals surface area (Å²) in [6.45, 7) is 1.91. The lowest BCUT2D eigenvalue weighted by Crippen LogP contribution is -2.44. The molecule has 1 unspecified atom stereocenters. The Balaban J connectivity index is 1.65. The van der Waals surface area contributed by atoms with Crippen LogP contribution in [-0.2, 0) is 12.0 Å². The Hall–Kier alpha value is -2.34. The number of carbonyl (C=O) groups excluding carboxylic acids is 1. The molecule has 0 spiro atoms. The van der Waals surface area contributed by atoms with E-state index in [1.54, 1.807) is 13.0 Å². The van der Waals surface area contributed by atoms with Crippen molar-refractivity contribution in [1.29, 1.82) is 0 Å². The number of nitrogens with one attached hydrogen (secondary N) is 2. The van der Waals surface area contributed by atoms with E-state index in [9.17, 15) is 9.90 Å². The zero-order chi connectivity index (χ0) is 15.6. The van der Waals surface area contributed by atoms with Gasteiger partial charge in [-0.1, -0.05) is 29.4 Å². The van der Waals surface area contributed by atoms with Crippen LogP contribution in [0.3, 0.4) is 0 Å². The van der Waals surface area contributed by atoms with E-state index in [1.165, 1.54) is 0 Å². The number of urea groups is 1. The molecule has 2 amide bonds. The van der Waals surface area contributed by atoms with Crippen LogP contribution < -0.4 is 10.6 Å². The third-order valence-corrected chi connectivity index (χ3v) is 3.97. The highest BCUT2D eigenvalue weighted by atomic mass is 16.5. The van der Waals surface area contributed by atoms with Gasteiger partial charge in [-0.05, 0) is 37.3 Å². The van der Waals surface area contributed by atoms with E-state index in [0.29, 0.717) is 18.0 Å². The van der Waals surface area contributed by atoms with Crippen LogP contribution in [0.25, 0.3) is 0 Å². The van der Waals surface area contributed by atoms with Crippen LogP contribution in [0, 0.1) is 6.92 Å². The van der Waals surface area contributed by atoms with Crippen molar-refractivity contribution < 1.29 is 14.4 Å². The third kappa shape index (κ3) is 2.96. The molecule has 2 aromatic rings. The Morgan fingerprint density at radius 3 is 3.05 bits per heavy atom. The van der Waals surface area contributed by atoms with Gasteiger partial charge in [0, 0.05) is 6.07 Å². The second kappa shape index (κ2) is 5.81. The summed E-state index contributed by atoms with van der Waals surface area (Å²) in [5.74, 6) is 0.973. The maximum Gasteiger partial charge on any atom is 0.320 e. The van der Waals surface area contributed by atoms with E-state index >= 15 is 0 Å². The number of hydrogen-bond acceptors (Lipinski definition) is 4. The molecule has 1 atom stereocenters. The van der Waals surface area contributed by atoms with Gasteiger partial charge in [-0.3, -0.25) is 5.32 Å². The monoisotopic (exact) mass is 301 g/mol. The number of fused-ring (bicyclic) bond motifs is 1. The predicted molar refractivity (Wildman–Crippen MR) is 81.5 cm³/mol. The van der Waals surface area contributed by atoms with E-state index in [4.69, 9.17) is 4.52 Å². The van der Waals surface area contributed by atoms with Crippen molar-refractivity contribution in [3.8, 4) is 0 Å². The van der Waals surface area contributed by atoms with Crippen LogP contribution >= 0.6 is 0 Å². The molecule has 3 rings (SSSR count). The lowest BCUT2D eigenvalue weighted by Gasteiger charge is -2.34. The molecule has 6 heteroatoms. The third-order valence-electron chi connectivity index (χ3n) is 3.97. The predicted octanol–water partition coefficient (Wildman–Crippen LogP) is 2.33. The van der Waals surface area contributed by atoms with E-state index in [0.717, 1.165) is 24.0 Å². The Morgan fingerprint density at radius 1 is 1.45 bits per heavy atom. The van der Waals surface area contributed by atoms with Crippen molar-refractivity contribution in [2.45, 2.75) is 31.8 Å². The number of nitrogens with zero attached hydrogens (tertiary/aromatic N) is 1. The molecule has 6 nitrogen and oxygen atoms in total. The first kappa shape index (κ1) is 14.6. The highest BCUT2D eigenvalue weighted by Crippen LogP contribution is 2.34. The minimum Gasteiger partial charge on any atom is -0.383 e. The largest absolute Gasteiger partial charge is 0.383 e. The number of hydrogen-bond donors (Lipinski definition) is 3. The molecule has 1 aliphatic carbocycles. The Morgan fingerprint density at radius 2 is 2.27 bits per heavy atom. The number of aliphatic hydroxyl groups is 1. The molecule has 0 aliphatic heterocycles. The Kier molecular flexibility index (Phi) is 3.85. The molecule has 3 N–H and O–H groups in total. The van der Waals surface area contributed by atoms with Crippen molar-refractivity contribution in [3.63, 3.8) is 0 Å². The summed E-state index contributed by atoms with van der Waals surface area (Å²) >= 11 is 0. The van der Waals surface area contributed by atoms with Gasteiger partial charge < -0.3 is 14.9 Å². The average Bonchev–Trinajstić information content (AvgIpc) is 2.91. The molecule has 0 saturated carbocycles. The molecule has 1 aromatic carbocycles. The van der Waals surface area contributed by atoms with Gasteiger partial charge in [0.1, 0.15) is 11.4 Å². The molecule has 1 heterocycles. The summed E-state index contributed by atoms with van der Waals surface area (Å²) in [5.41, 5.74) is 1.02. The topological polar surface area (TPSA) is 87.4 Å². The smallest absolute Gasteiger partial charge is 0.320 e. The lowest BCUT2D eigenvalue weighted by atomic mass is 9.79. The van der Waals surface area contributed by atoms with Gasteiger partial charge in [0.05, 0.1) is 6.54 Å². The first-order valence-electron chi connectivity index (χ1n) is 7.36. The number of aryl methyl sites for hydroxylation is 2. The number of carbonyl (C=O) groups is 1. The molecular weight excluding hydrogens is 282 g/mol. The quantitative estimate of drug-likeness (QED) is 0.812. The number of rotatable bonds is 3. The van der Waals surface area contributed by atoms with Crippen molar-refractivity contribution >= 4 is 11.8 Å². The molecule has 0 fully saturated rings. The zero-order valence-electron chi connectivity index (χ0n) is 12.4. The highest BCUT2D eigenvalue weighted by Gasteiger charge is 2.34. The maximum atomic E-state index is 11.9. The molecule has 1 aliphatic rings.